The molecular weight excluding hydrogens is 635 g/mol. The lowest BCUT2D eigenvalue weighted by Gasteiger charge is -2.35. The first-order valence-electron chi connectivity index (χ1n) is 17.4. The maximum absolute atomic E-state index is 6.57. The van der Waals surface area contributed by atoms with E-state index in [9.17, 15) is 0 Å². The zero-order valence-electron chi connectivity index (χ0n) is 28.1. The molecule has 0 saturated carbocycles. The number of benzene rings is 8. The average Bonchev–Trinajstić information content (AvgIpc) is 3.58. The highest BCUT2D eigenvalue weighted by atomic mass is 28.3. The van der Waals surface area contributed by atoms with Crippen LogP contribution >= 0.6 is 0 Å². The van der Waals surface area contributed by atoms with Crippen LogP contribution in [0.4, 0.5) is 17.1 Å². The van der Waals surface area contributed by atoms with Crippen molar-refractivity contribution < 1.29 is 4.42 Å². The van der Waals surface area contributed by atoms with Crippen LogP contribution in [0.15, 0.2) is 217 Å². The third-order valence-electron chi connectivity index (χ3n) is 10.0. The van der Waals surface area contributed by atoms with Gasteiger partial charge in [-0.05, 0) is 80.4 Å². The maximum atomic E-state index is 6.57. The number of nitrogens with zero attached hydrogens (tertiary/aromatic N) is 1. The van der Waals surface area contributed by atoms with Gasteiger partial charge < -0.3 is 9.32 Å². The molecule has 0 saturated heterocycles. The zero-order chi connectivity index (χ0) is 34.0. The topological polar surface area (TPSA) is 16.4 Å². The smallest absolute Gasteiger partial charge is 0.179 e. The molecule has 0 unspecified atom stereocenters. The van der Waals surface area contributed by atoms with Gasteiger partial charge in [0.25, 0.3) is 0 Å². The first-order valence-corrected chi connectivity index (χ1v) is 19.4. The third-order valence-corrected chi connectivity index (χ3v) is 14.8. The summed E-state index contributed by atoms with van der Waals surface area (Å²) in [4.78, 5) is 2.32. The van der Waals surface area contributed by atoms with E-state index >= 15 is 0 Å². The van der Waals surface area contributed by atoms with E-state index in [2.05, 4.69) is 211 Å². The Kier molecular flexibility index (Phi) is 7.88. The van der Waals surface area contributed by atoms with Gasteiger partial charge in [-0.1, -0.05) is 158 Å². The summed E-state index contributed by atoms with van der Waals surface area (Å²) in [6, 6.07) is 76.6. The quantitative estimate of drug-likeness (QED) is 0.118. The van der Waals surface area contributed by atoms with Gasteiger partial charge in [0.1, 0.15) is 11.2 Å². The van der Waals surface area contributed by atoms with Gasteiger partial charge in [-0.3, -0.25) is 0 Å². The largest absolute Gasteiger partial charge is 0.456 e. The SMILES string of the molecule is c1ccc(-c2ccc3c(c2)oc2cc(N(c4ccccc4)c4ccc([Si](c5ccccc5)(c5ccccc5)c5ccccc5)cc4)ccc23)cc1. The van der Waals surface area contributed by atoms with Crippen LogP contribution < -0.4 is 25.6 Å². The lowest BCUT2D eigenvalue weighted by atomic mass is 10.0. The molecule has 51 heavy (non-hydrogen) atoms. The van der Waals surface area contributed by atoms with Gasteiger partial charge in [0.15, 0.2) is 8.07 Å². The molecule has 3 heteroatoms. The molecule has 242 valence electrons. The van der Waals surface area contributed by atoms with Crippen LogP contribution in [0, 0.1) is 0 Å². The molecule has 0 fully saturated rings. The van der Waals surface area contributed by atoms with E-state index in [4.69, 9.17) is 4.42 Å². The fraction of sp³-hybridized carbons (Fsp3) is 0. The number of rotatable bonds is 8. The minimum Gasteiger partial charge on any atom is -0.456 e. The van der Waals surface area contributed by atoms with Crippen molar-refractivity contribution in [3.8, 4) is 11.1 Å². The van der Waals surface area contributed by atoms with Crippen molar-refractivity contribution in [2.45, 2.75) is 0 Å². The van der Waals surface area contributed by atoms with E-state index < -0.39 is 8.07 Å². The van der Waals surface area contributed by atoms with Gasteiger partial charge in [0.2, 0.25) is 0 Å². The number of hydrogen-bond donors (Lipinski definition) is 0. The summed E-state index contributed by atoms with van der Waals surface area (Å²) in [6.07, 6.45) is 0. The zero-order valence-corrected chi connectivity index (χ0v) is 29.1. The van der Waals surface area contributed by atoms with Crippen molar-refractivity contribution in [2.75, 3.05) is 4.90 Å². The summed E-state index contributed by atoms with van der Waals surface area (Å²) in [5.74, 6) is 0. The molecule has 0 atom stereocenters. The predicted molar refractivity (Wildman–Crippen MR) is 217 cm³/mol. The molecule has 0 bridgehead atoms. The number of para-hydroxylation sites is 1. The fourth-order valence-corrected chi connectivity index (χ4v) is 12.4. The van der Waals surface area contributed by atoms with Crippen molar-refractivity contribution in [3.05, 3.63) is 212 Å². The molecule has 9 rings (SSSR count). The van der Waals surface area contributed by atoms with Gasteiger partial charge in [0.05, 0.1) is 0 Å². The van der Waals surface area contributed by atoms with E-state index in [0.29, 0.717) is 0 Å². The van der Waals surface area contributed by atoms with E-state index in [1.54, 1.807) is 0 Å². The van der Waals surface area contributed by atoms with Gasteiger partial charge in [-0.25, -0.2) is 0 Å². The van der Waals surface area contributed by atoms with Crippen molar-refractivity contribution in [1.82, 2.24) is 0 Å². The summed E-state index contributed by atoms with van der Waals surface area (Å²) >= 11 is 0. The number of anilines is 3. The Balaban J connectivity index is 1.18. The van der Waals surface area contributed by atoms with E-state index in [1.165, 1.54) is 26.3 Å². The highest BCUT2D eigenvalue weighted by Crippen LogP contribution is 2.39. The van der Waals surface area contributed by atoms with E-state index in [-0.39, 0.29) is 0 Å². The van der Waals surface area contributed by atoms with Crippen LogP contribution in [-0.2, 0) is 0 Å². The second-order valence-electron chi connectivity index (χ2n) is 12.9. The van der Waals surface area contributed by atoms with Crippen LogP contribution in [0.1, 0.15) is 0 Å². The van der Waals surface area contributed by atoms with Crippen molar-refractivity contribution >= 4 is 67.8 Å². The first-order chi connectivity index (χ1) is 25.3. The molecule has 0 radical (unpaired) electrons. The normalized spacial score (nSPS) is 11.5. The van der Waals surface area contributed by atoms with Gasteiger partial charge in [-0.2, -0.15) is 0 Å². The molecule has 1 aromatic heterocycles. The molecule has 8 aromatic carbocycles. The minimum atomic E-state index is -2.63. The molecule has 0 aliphatic rings. The molecule has 0 amide bonds. The van der Waals surface area contributed by atoms with E-state index in [1.807, 2.05) is 6.07 Å². The second-order valence-corrected chi connectivity index (χ2v) is 16.7. The summed E-state index contributed by atoms with van der Waals surface area (Å²) in [6.45, 7) is 0. The molecule has 0 N–H and O–H groups in total. The molecule has 0 aliphatic carbocycles. The van der Waals surface area contributed by atoms with Crippen molar-refractivity contribution in [2.24, 2.45) is 0 Å². The second kappa shape index (κ2) is 13.1. The summed E-state index contributed by atoms with van der Waals surface area (Å²) < 4.78 is 6.57. The number of hydrogen-bond acceptors (Lipinski definition) is 2. The third kappa shape index (κ3) is 5.45. The molecule has 0 spiro atoms. The first kappa shape index (κ1) is 30.6. The Morgan fingerprint density at radius 2 is 0.725 bits per heavy atom. The van der Waals surface area contributed by atoms with Crippen molar-refractivity contribution in [3.63, 3.8) is 0 Å². The average molecular weight is 670 g/mol. The Labute approximate surface area is 299 Å². The Morgan fingerprint density at radius 1 is 0.314 bits per heavy atom. The monoisotopic (exact) mass is 669 g/mol. The Morgan fingerprint density at radius 3 is 1.27 bits per heavy atom. The van der Waals surface area contributed by atoms with Crippen LogP contribution in [0.3, 0.4) is 0 Å². The van der Waals surface area contributed by atoms with Crippen LogP contribution in [-0.4, -0.2) is 8.07 Å². The van der Waals surface area contributed by atoms with Crippen molar-refractivity contribution in [1.29, 1.82) is 0 Å². The number of fused-ring (bicyclic) bond motifs is 3. The highest BCUT2D eigenvalue weighted by molar-refractivity contribution is 7.19. The number of furan rings is 1. The Hall–Kier alpha value is -6.42. The summed E-state index contributed by atoms with van der Waals surface area (Å²) in [5, 5.41) is 7.66. The molecule has 0 aliphatic heterocycles. The van der Waals surface area contributed by atoms with Crippen LogP contribution in [0.2, 0.25) is 0 Å². The highest BCUT2D eigenvalue weighted by Gasteiger charge is 2.41. The summed E-state index contributed by atoms with van der Waals surface area (Å²) in [7, 11) is -2.63. The minimum absolute atomic E-state index is 0.869. The maximum Gasteiger partial charge on any atom is 0.179 e. The van der Waals surface area contributed by atoms with E-state index in [0.717, 1.165) is 44.6 Å². The molecule has 9 aromatic rings. The molecule has 1 heterocycles. The van der Waals surface area contributed by atoms with Crippen LogP contribution in [0.5, 0.6) is 0 Å². The van der Waals surface area contributed by atoms with Gasteiger partial charge in [0, 0.05) is 33.9 Å². The lowest BCUT2D eigenvalue weighted by molar-refractivity contribution is 0.669. The van der Waals surface area contributed by atoms with Gasteiger partial charge >= 0.3 is 0 Å². The fourth-order valence-electron chi connectivity index (χ4n) is 7.66. The van der Waals surface area contributed by atoms with Crippen LogP contribution in [0.25, 0.3) is 33.1 Å². The standard InChI is InChI=1S/C48H35NOSi/c1-6-16-36(17-7-1)37-26-32-45-46-33-29-40(35-48(46)50-47(45)34-37)49(38-18-8-2-9-19-38)39-27-30-44(31-28-39)51(41-20-10-3-11-21-41,42-22-12-4-13-23-42)43-24-14-5-15-25-43/h1-35H. The molecule has 2 nitrogen and oxygen atoms in total. The Bertz CT molecular complexity index is 2450. The lowest BCUT2D eigenvalue weighted by Crippen LogP contribution is -2.74. The molecular formula is C48H35NOSi. The van der Waals surface area contributed by atoms with Gasteiger partial charge in [-0.15, -0.1) is 0 Å². The predicted octanol–water partition coefficient (Wildman–Crippen LogP) is 10.1. The summed E-state index contributed by atoms with van der Waals surface area (Å²) in [5.41, 5.74) is 7.31.